The number of aliphatic hydroxyl groups excluding tert-OH is 1. The van der Waals surface area contributed by atoms with Crippen LogP contribution in [0.25, 0.3) is 10.9 Å². The Labute approximate surface area is 176 Å². The van der Waals surface area contributed by atoms with Crippen molar-refractivity contribution in [2.75, 3.05) is 5.32 Å². The minimum atomic E-state index is -4.97. The number of rotatable bonds is 5. The standard InChI is InChI=1S/C20H16F6N4O2/c1-9-27-13-7-14(31)30(19(5-6-19)18(22)23)8-11(13)16(28-9)29-17(32)10-3-2-4-12(15(10)21)20(24,25)26/h2-4,7-8,17-18,32H,5-6H2,1H3,(H,27,28,29)/t17-/m1/s1. The molecule has 0 unspecified atom stereocenters. The lowest BCUT2D eigenvalue weighted by Crippen LogP contribution is -2.35. The first kappa shape index (κ1) is 22.1. The van der Waals surface area contributed by atoms with E-state index in [1.807, 2.05) is 0 Å². The Hall–Kier alpha value is -3.15. The minimum Gasteiger partial charge on any atom is -0.369 e. The topological polar surface area (TPSA) is 80.0 Å². The van der Waals surface area contributed by atoms with Gasteiger partial charge in [0.05, 0.1) is 16.5 Å². The summed E-state index contributed by atoms with van der Waals surface area (Å²) in [7, 11) is 0. The fourth-order valence-electron chi connectivity index (χ4n) is 3.56. The van der Waals surface area contributed by atoms with E-state index in [1.165, 1.54) is 6.92 Å². The highest BCUT2D eigenvalue weighted by atomic mass is 19.4. The molecule has 0 radical (unpaired) electrons. The van der Waals surface area contributed by atoms with E-state index in [4.69, 9.17) is 0 Å². The number of aromatic nitrogens is 3. The summed E-state index contributed by atoms with van der Waals surface area (Å²) in [6.07, 6.45) is -8.44. The molecule has 6 nitrogen and oxygen atoms in total. The number of hydrogen-bond donors (Lipinski definition) is 2. The highest BCUT2D eigenvalue weighted by Crippen LogP contribution is 2.48. The van der Waals surface area contributed by atoms with E-state index in [2.05, 4.69) is 15.3 Å². The van der Waals surface area contributed by atoms with Gasteiger partial charge in [-0.15, -0.1) is 0 Å². The first-order valence-corrected chi connectivity index (χ1v) is 9.44. The molecular weight excluding hydrogens is 442 g/mol. The number of fused-ring (bicyclic) bond motifs is 1. The molecule has 1 fully saturated rings. The summed E-state index contributed by atoms with van der Waals surface area (Å²) >= 11 is 0. The maximum absolute atomic E-state index is 14.4. The van der Waals surface area contributed by atoms with Gasteiger partial charge in [-0.3, -0.25) is 4.79 Å². The van der Waals surface area contributed by atoms with Crippen LogP contribution in [-0.4, -0.2) is 26.1 Å². The Morgan fingerprint density at radius 2 is 1.91 bits per heavy atom. The molecule has 170 valence electrons. The van der Waals surface area contributed by atoms with Crippen LogP contribution in [0.1, 0.15) is 36.0 Å². The van der Waals surface area contributed by atoms with Gasteiger partial charge in [0.2, 0.25) is 0 Å². The predicted octanol–water partition coefficient (Wildman–Crippen LogP) is 4.12. The summed E-state index contributed by atoms with van der Waals surface area (Å²) in [6.45, 7) is 1.45. The SMILES string of the molecule is Cc1nc(N[C@H](O)c2cccc(C(F)(F)F)c2F)c2cn(C3(C(F)F)CC3)c(=O)cc2n1. The first-order valence-electron chi connectivity index (χ1n) is 9.44. The molecule has 4 rings (SSSR count). The number of nitrogens with one attached hydrogen (secondary N) is 1. The molecule has 1 saturated carbocycles. The van der Waals surface area contributed by atoms with Crippen LogP contribution in [0, 0.1) is 12.7 Å². The molecule has 0 amide bonds. The van der Waals surface area contributed by atoms with Crippen molar-refractivity contribution in [3.63, 3.8) is 0 Å². The van der Waals surface area contributed by atoms with Crippen molar-refractivity contribution in [1.29, 1.82) is 0 Å². The van der Waals surface area contributed by atoms with Gasteiger partial charge in [-0.1, -0.05) is 12.1 Å². The van der Waals surface area contributed by atoms with Gasteiger partial charge in [-0.25, -0.2) is 23.1 Å². The number of aliphatic hydroxyl groups is 1. The number of halogens is 6. The molecule has 1 atom stereocenters. The van der Waals surface area contributed by atoms with Crippen molar-refractivity contribution in [3.05, 3.63) is 63.6 Å². The number of aryl methyl sites for hydroxylation is 1. The van der Waals surface area contributed by atoms with Crippen LogP contribution in [-0.2, 0) is 11.7 Å². The Balaban J connectivity index is 1.79. The Morgan fingerprint density at radius 3 is 2.50 bits per heavy atom. The van der Waals surface area contributed by atoms with Crippen LogP contribution in [0.4, 0.5) is 32.2 Å². The van der Waals surface area contributed by atoms with Gasteiger partial charge in [-0.2, -0.15) is 13.2 Å². The molecule has 0 aliphatic heterocycles. The normalized spacial score (nSPS) is 16.4. The minimum absolute atomic E-state index is 0.0635. The number of anilines is 1. The molecule has 2 heterocycles. The number of benzene rings is 1. The largest absolute Gasteiger partial charge is 0.419 e. The van der Waals surface area contributed by atoms with E-state index in [0.29, 0.717) is 6.07 Å². The average Bonchev–Trinajstić information content (AvgIpc) is 3.48. The Morgan fingerprint density at radius 1 is 1.22 bits per heavy atom. The molecular formula is C20H16F6N4O2. The molecule has 1 aromatic carbocycles. The van der Waals surface area contributed by atoms with Gasteiger partial charge in [0, 0.05) is 17.8 Å². The molecule has 3 aromatic rings. The zero-order valence-corrected chi connectivity index (χ0v) is 16.4. The lowest BCUT2D eigenvalue weighted by atomic mass is 10.1. The monoisotopic (exact) mass is 458 g/mol. The van der Waals surface area contributed by atoms with Gasteiger partial charge in [0.1, 0.15) is 23.0 Å². The lowest BCUT2D eigenvalue weighted by molar-refractivity contribution is -0.140. The van der Waals surface area contributed by atoms with Crippen molar-refractivity contribution < 1.29 is 31.4 Å². The molecule has 1 aliphatic carbocycles. The quantitative estimate of drug-likeness (QED) is 0.444. The van der Waals surface area contributed by atoms with Crippen LogP contribution >= 0.6 is 0 Å². The Kier molecular flexibility index (Phi) is 5.15. The molecule has 0 saturated heterocycles. The fraction of sp³-hybridized carbons (Fsp3) is 0.350. The van der Waals surface area contributed by atoms with E-state index in [1.54, 1.807) is 0 Å². The molecule has 2 aromatic heterocycles. The van der Waals surface area contributed by atoms with Gasteiger partial charge < -0.3 is 15.0 Å². The van der Waals surface area contributed by atoms with E-state index in [0.717, 1.165) is 29.0 Å². The van der Waals surface area contributed by atoms with Crippen molar-refractivity contribution in [3.8, 4) is 0 Å². The molecule has 32 heavy (non-hydrogen) atoms. The van der Waals surface area contributed by atoms with Crippen molar-refractivity contribution in [1.82, 2.24) is 14.5 Å². The summed E-state index contributed by atoms with van der Waals surface area (Å²) < 4.78 is 81.3. The summed E-state index contributed by atoms with van der Waals surface area (Å²) in [5, 5.41) is 12.9. The summed E-state index contributed by atoms with van der Waals surface area (Å²) in [4.78, 5) is 20.5. The first-order chi connectivity index (χ1) is 14.9. The molecule has 2 N–H and O–H groups in total. The summed E-state index contributed by atoms with van der Waals surface area (Å²) in [5.74, 6) is -1.69. The molecule has 12 heteroatoms. The third-order valence-corrected chi connectivity index (χ3v) is 5.39. The predicted molar refractivity (Wildman–Crippen MR) is 102 cm³/mol. The Bertz CT molecular complexity index is 1250. The van der Waals surface area contributed by atoms with Crippen LogP contribution < -0.4 is 10.9 Å². The highest BCUT2D eigenvalue weighted by molar-refractivity contribution is 5.88. The van der Waals surface area contributed by atoms with E-state index >= 15 is 0 Å². The zero-order chi connectivity index (χ0) is 23.4. The second kappa shape index (κ2) is 7.47. The second-order valence-electron chi connectivity index (χ2n) is 7.56. The van der Waals surface area contributed by atoms with Gasteiger partial charge in [-0.05, 0) is 25.8 Å². The summed E-state index contributed by atoms with van der Waals surface area (Å²) in [6, 6.07) is 3.47. The smallest absolute Gasteiger partial charge is 0.369 e. The third kappa shape index (κ3) is 3.68. The van der Waals surface area contributed by atoms with E-state index in [9.17, 15) is 36.2 Å². The van der Waals surface area contributed by atoms with Crippen LogP contribution in [0.2, 0.25) is 0 Å². The van der Waals surface area contributed by atoms with Gasteiger partial charge in [0.15, 0.2) is 6.23 Å². The van der Waals surface area contributed by atoms with Gasteiger partial charge >= 0.3 is 6.18 Å². The maximum atomic E-state index is 14.4. The van der Waals surface area contributed by atoms with Crippen molar-refractivity contribution in [2.45, 2.75) is 44.1 Å². The highest BCUT2D eigenvalue weighted by Gasteiger charge is 2.53. The number of alkyl halides is 5. The number of pyridine rings is 1. The van der Waals surface area contributed by atoms with Crippen LogP contribution in [0.3, 0.4) is 0 Å². The van der Waals surface area contributed by atoms with Crippen LogP contribution in [0.15, 0.2) is 35.3 Å². The fourth-order valence-corrected chi connectivity index (χ4v) is 3.56. The van der Waals surface area contributed by atoms with Crippen LogP contribution in [0.5, 0.6) is 0 Å². The maximum Gasteiger partial charge on any atom is 0.419 e. The third-order valence-electron chi connectivity index (χ3n) is 5.39. The number of nitrogens with zero attached hydrogens (tertiary/aromatic N) is 3. The van der Waals surface area contributed by atoms with Crippen molar-refractivity contribution >= 4 is 16.7 Å². The van der Waals surface area contributed by atoms with E-state index < -0.39 is 46.9 Å². The average molecular weight is 458 g/mol. The second-order valence-corrected chi connectivity index (χ2v) is 7.56. The van der Waals surface area contributed by atoms with E-state index in [-0.39, 0.29) is 35.4 Å². The van der Waals surface area contributed by atoms with Gasteiger partial charge in [0.25, 0.3) is 12.0 Å². The zero-order valence-electron chi connectivity index (χ0n) is 16.4. The molecule has 1 aliphatic rings. The van der Waals surface area contributed by atoms with Crippen molar-refractivity contribution in [2.24, 2.45) is 0 Å². The summed E-state index contributed by atoms with van der Waals surface area (Å²) in [5.41, 5.74) is -4.53. The molecule has 0 bridgehead atoms. The number of hydrogen-bond acceptors (Lipinski definition) is 5. The molecule has 0 spiro atoms. The lowest BCUT2D eigenvalue weighted by Gasteiger charge is -2.21.